The summed E-state index contributed by atoms with van der Waals surface area (Å²) >= 11 is 7.54. The van der Waals surface area contributed by atoms with E-state index in [9.17, 15) is 9.18 Å². The van der Waals surface area contributed by atoms with Gasteiger partial charge in [-0.1, -0.05) is 17.7 Å². The fourth-order valence-electron chi connectivity index (χ4n) is 2.06. The molecular formula is C16H17ClFNO2S. The van der Waals surface area contributed by atoms with Gasteiger partial charge in [0.05, 0.1) is 6.42 Å². The molecule has 1 N–H and O–H groups in total. The molecule has 0 spiro atoms. The van der Waals surface area contributed by atoms with Crippen molar-refractivity contribution >= 4 is 28.8 Å². The Hall–Kier alpha value is -1.43. The summed E-state index contributed by atoms with van der Waals surface area (Å²) in [5.41, 5.74) is 0.211. The van der Waals surface area contributed by atoms with Crippen LogP contribution < -0.4 is 5.32 Å². The molecule has 118 valence electrons. The van der Waals surface area contributed by atoms with Gasteiger partial charge < -0.3 is 10.1 Å². The van der Waals surface area contributed by atoms with E-state index < -0.39 is 5.82 Å². The Morgan fingerprint density at radius 3 is 2.77 bits per heavy atom. The largest absolute Gasteiger partial charge is 0.374 e. The maximum absolute atomic E-state index is 13.7. The second-order valence-electron chi connectivity index (χ2n) is 4.85. The molecule has 0 aliphatic carbocycles. The van der Waals surface area contributed by atoms with Crippen LogP contribution in [0, 0.1) is 12.7 Å². The molecule has 1 atom stereocenters. The van der Waals surface area contributed by atoms with Crippen LogP contribution in [0.3, 0.4) is 0 Å². The fraction of sp³-hybridized carbons (Fsp3) is 0.312. The minimum atomic E-state index is -0.472. The minimum absolute atomic E-state index is 0.0919. The van der Waals surface area contributed by atoms with E-state index in [2.05, 4.69) is 5.32 Å². The lowest BCUT2D eigenvalue weighted by atomic mass is 10.1. The van der Waals surface area contributed by atoms with Gasteiger partial charge in [0.15, 0.2) is 0 Å². The van der Waals surface area contributed by atoms with Crippen molar-refractivity contribution < 1.29 is 13.9 Å². The summed E-state index contributed by atoms with van der Waals surface area (Å²) < 4.78 is 19.0. The minimum Gasteiger partial charge on any atom is -0.374 e. The van der Waals surface area contributed by atoms with Crippen molar-refractivity contribution in [2.45, 2.75) is 19.4 Å². The van der Waals surface area contributed by atoms with Gasteiger partial charge in [-0.2, -0.15) is 0 Å². The number of ether oxygens (including phenoxy) is 1. The number of carbonyl (C=O) groups excluding carboxylic acids is 1. The van der Waals surface area contributed by atoms with Gasteiger partial charge in [0, 0.05) is 34.0 Å². The predicted molar refractivity (Wildman–Crippen MR) is 86.9 cm³/mol. The first-order valence-electron chi connectivity index (χ1n) is 6.80. The van der Waals surface area contributed by atoms with Crippen molar-refractivity contribution in [1.29, 1.82) is 0 Å². The molecule has 0 radical (unpaired) electrons. The van der Waals surface area contributed by atoms with Crippen LogP contribution in [-0.4, -0.2) is 19.6 Å². The Morgan fingerprint density at radius 1 is 1.41 bits per heavy atom. The summed E-state index contributed by atoms with van der Waals surface area (Å²) in [4.78, 5) is 14.2. The number of halogens is 2. The van der Waals surface area contributed by atoms with E-state index in [0.717, 1.165) is 4.88 Å². The molecule has 0 fully saturated rings. The molecule has 22 heavy (non-hydrogen) atoms. The lowest BCUT2D eigenvalue weighted by Crippen LogP contribution is -2.30. The van der Waals surface area contributed by atoms with E-state index in [4.69, 9.17) is 16.3 Å². The van der Waals surface area contributed by atoms with Crippen LogP contribution in [-0.2, 0) is 16.0 Å². The summed E-state index contributed by atoms with van der Waals surface area (Å²) in [5, 5.41) is 3.02. The SMILES string of the molecule is CO[C@H](CNC(=O)Cc1c(F)cccc1Cl)c1ccc(C)s1. The molecular weight excluding hydrogens is 325 g/mol. The van der Waals surface area contributed by atoms with Crippen molar-refractivity contribution in [3.63, 3.8) is 0 Å². The smallest absolute Gasteiger partial charge is 0.224 e. The third kappa shape index (κ3) is 4.29. The number of aryl methyl sites for hydroxylation is 1. The van der Waals surface area contributed by atoms with Gasteiger partial charge >= 0.3 is 0 Å². The van der Waals surface area contributed by atoms with E-state index in [1.807, 2.05) is 19.1 Å². The standard InChI is InChI=1S/C16H17ClFNO2S/c1-10-6-7-15(22-10)14(21-2)9-19-16(20)8-11-12(17)4-3-5-13(11)18/h3-7,14H,8-9H2,1-2H3,(H,19,20)/t14-/m1/s1. The summed E-state index contributed by atoms with van der Waals surface area (Å²) in [6.45, 7) is 2.35. The first-order valence-corrected chi connectivity index (χ1v) is 7.99. The number of thiophene rings is 1. The van der Waals surface area contributed by atoms with Crippen LogP contribution in [0.1, 0.15) is 21.4 Å². The molecule has 2 rings (SSSR count). The normalized spacial score (nSPS) is 12.2. The maximum Gasteiger partial charge on any atom is 0.224 e. The van der Waals surface area contributed by atoms with Gasteiger partial charge in [-0.25, -0.2) is 4.39 Å². The molecule has 0 aliphatic heterocycles. The van der Waals surface area contributed by atoms with E-state index >= 15 is 0 Å². The van der Waals surface area contributed by atoms with Crippen LogP contribution in [0.15, 0.2) is 30.3 Å². The second-order valence-corrected chi connectivity index (χ2v) is 6.58. The van der Waals surface area contributed by atoms with Gasteiger partial charge in [-0.3, -0.25) is 4.79 Å². The van der Waals surface area contributed by atoms with Crippen molar-refractivity contribution in [3.05, 3.63) is 56.5 Å². The highest BCUT2D eigenvalue weighted by Crippen LogP contribution is 2.24. The molecule has 1 aromatic heterocycles. The van der Waals surface area contributed by atoms with Crippen LogP contribution in [0.25, 0.3) is 0 Å². The number of nitrogens with one attached hydrogen (secondary N) is 1. The van der Waals surface area contributed by atoms with Crippen molar-refractivity contribution in [2.24, 2.45) is 0 Å². The van der Waals surface area contributed by atoms with Crippen LogP contribution in [0.4, 0.5) is 4.39 Å². The van der Waals surface area contributed by atoms with Gasteiger partial charge in [0.2, 0.25) is 5.91 Å². The van der Waals surface area contributed by atoms with Gasteiger partial charge in [0.1, 0.15) is 11.9 Å². The summed E-state index contributed by atoms with van der Waals surface area (Å²) in [5.74, 6) is -0.762. The van der Waals surface area contributed by atoms with Crippen LogP contribution in [0.5, 0.6) is 0 Å². The molecule has 6 heteroatoms. The maximum atomic E-state index is 13.7. The lowest BCUT2D eigenvalue weighted by Gasteiger charge is -2.15. The second kappa shape index (κ2) is 7.72. The Bertz CT molecular complexity index is 639. The number of rotatable bonds is 6. The number of hydrogen-bond donors (Lipinski definition) is 1. The molecule has 0 bridgehead atoms. The van der Waals surface area contributed by atoms with Crippen molar-refractivity contribution in [3.8, 4) is 0 Å². The third-order valence-corrected chi connectivity index (χ3v) is 4.69. The topological polar surface area (TPSA) is 38.3 Å². The zero-order chi connectivity index (χ0) is 16.1. The average molecular weight is 342 g/mol. The summed E-state index contributed by atoms with van der Waals surface area (Å²) in [6.07, 6.45) is -0.301. The van der Waals surface area contributed by atoms with E-state index in [1.165, 1.54) is 17.0 Å². The molecule has 1 aromatic carbocycles. The van der Waals surface area contributed by atoms with Crippen LogP contribution in [0.2, 0.25) is 5.02 Å². The molecule has 1 amide bonds. The lowest BCUT2D eigenvalue weighted by molar-refractivity contribution is -0.121. The van der Waals surface area contributed by atoms with Crippen molar-refractivity contribution in [1.82, 2.24) is 5.32 Å². The Morgan fingerprint density at radius 2 is 2.18 bits per heavy atom. The number of hydrogen-bond acceptors (Lipinski definition) is 3. The highest BCUT2D eigenvalue weighted by Gasteiger charge is 2.16. The van der Waals surface area contributed by atoms with E-state index in [0.29, 0.717) is 6.54 Å². The highest BCUT2D eigenvalue weighted by atomic mass is 35.5. The number of amides is 1. The Kier molecular flexibility index (Phi) is 5.94. The first kappa shape index (κ1) is 16.9. The molecule has 3 nitrogen and oxygen atoms in total. The molecule has 0 aliphatic rings. The van der Waals surface area contributed by atoms with E-state index in [1.54, 1.807) is 24.5 Å². The number of benzene rings is 1. The number of carbonyl (C=O) groups is 1. The van der Waals surface area contributed by atoms with E-state index in [-0.39, 0.29) is 29.0 Å². The summed E-state index contributed by atoms with van der Waals surface area (Å²) in [7, 11) is 1.60. The zero-order valence-electron chi connectivity index (χ0n) is 12.4. The molecule has 0 saturated heterocycles. The third-order valence-electron chi connectivity index (χ3n) is 3.25. The summed E-state index contributed by atoms with van der Waals surface area (Å²) in [6, 6.07) is 8.36. The fourth-order valence-corrected chi connectivity index (χ4v) is 3.24. The van der Waals surface area contributed by atoms with Crippen molar-refractivity contribution in [2.75, 3.05) is 13.7 Å². The number of methoxy groups -OCH3 is 1. The Balaban J connectivity index is 1.94. The molecule has 1 heterocycles. The zero-order valence-corrected chi connectivity index (χ0v) is 13.9. The molecule has 2 aromatic rings. The monoisotopic (exact) mass is 341 g/mol. The molecule has 0 unspecified atom stereocenters. The average Bonchev–Trinajstić information content (AvgIpc) is 2.90. The predicted octanol–water partition coefficient (Wildman–Crippen LogP) is 3.90. The van der Waals surface area contributed by atoms with Gasteiger partial charge in [0.25, 0.3) is 0 Å². The van der Waals surface area contributed by atoms with Gasteiger partial charge in [-0.15, -0.1) is 11.3 Å². The van der Waals surface area contributed by atoms with Gasteiger partial charge in [-0.05, 0) is 31.2 Å². The quantitative estimate of drug-likeness (QED) is 0.865. The first-order chi connectivity index (χ1) is 10.5. The van der Waals surface area contributed by atoms with Crippen LogP contribution >= 0.6 is 22.9 Å². The Labute approximate surface area is 138 Å². The molecule has 0 saturated carbocycles. The highest BCUT2D eigenvalue weighted by molar-refractivity contribution is 7.12.